The van der Waals surface area contributed by atoms with Gasteiger partial charge >= 0.3 is 6.18 Å². The van der Waals surface area contributed by atoms with Crippen molar-refractivity contribution in [1.29, 1.82) is 0 Å². The van der Waals surface area contributed by atoms with Gasteiger partial charge in [0.15, 0.2) is 0 Å². The van der Waals surface area contributed by atoms with Gasteiger partial charge in [0.25, 0.3) is 0 Å². The minimum atomic E-state index is -4.47. The number of aromatic nitrogens is 2. The van der Waals surface area contributed by atoms with E-state index in [4.69, 9.17) is 11.5 Å². The summed E-state index contributed by atoms with van der Waals surface area (Å²) in [5.41, 5.74) is 13.3. The minimum absolute atomic E-state index is 0. The average Bonchev–Trinajstić information content (AvgIpc) is 3.08. The van der Waals surface area contributed by atoms with E-state index in [1.165, 1.54) is 6.07 Å². The van der Waals surface area contributed by atoms with E-state index in [1.54, 1.807) is 0 Å². The molecular weight excluding hydrogens is 440 g/mol. The molecule has 6 nitrogen and oxygen atoms in total. The second-order valence-electron chi connectivity index (χ2n) is 7.46. The number of nitrogens with zero attached hydrogens (tertiary/aromatic N) is 3. The molecule has 0 unspecified atom stereocenters. The van der Waals surface area contributed by atoms with Gasteiger partial charge in [-0.05, 0) is 50.3 Å². The first kappa shape index (κ1) is 24.3. The number of anilines is 4. The Labute approximate surface area is 185 Å². The highest BCUT2D eigenvalue weighted by atomic mass is 35.5. The Kier molecular flexibility index (Phi) is 7.65. The van der Waals surface area contributed by atoms with Gasteiger partial charge in [0.05, 0.1) is 11.3 Å². The predicted octanol–water partition coefficient (Wildman–Crippen LogP) is 4.08. The lowest BCUT2D eigenvalue weighted by molar-refractivity contribution is -0.137. The summed E-state index contributed by atoms with van der Waals surface area (Å²) >= 11 is 0. The number of piperidine rings is 1. The lowest BCUT2D eigenvalue weighted by Gasteiger charge is -2.33. The van der Waals surface area contributed by atoms with Crippen molar-refractivity contribution < 1.29 is 13.2 Å². The largest absolute Gasteiger partial charge is 0.416 e. The van der Waals surface area contributed by atoms with Crippen LogP contribution >= 0.6 is 24.8 Å². The van der Waals surface area contributed by atoms with Gasteiger partial charge in [-0.2, -0.15) is 18.2 Å². The van der Waals surface area contributed by atoms with Crippen LogP contribution in [0.15, 0.2) is 18.2 Å². The standard InChI is InChI=1S/C19H23F3N6.2ClH/c20-19(21,22)11-7-13(24)9-14(8-11)25-18-26-16-5-1-4-15(16)17(27-18)28-6-2-3-12(23)10-28;;/h7-9,12H,1-6,10,23-24H2,(H,25,26,27);2*1H/t12-;;/m1../s1. The molecule has 0 amide bonds. The molecule has 5 N–H and O–H groups in total. The summed E-state index contributed by atoms with van der Waals surface area (Å²) in [6, 6.07) is 3.47. The van der Waals surface area contributed by atoms with Crippen LogP contribution in [0.4, 0.5) is 36.3 Å². The van der Waals surface area contributed by atoms with Gasteiger partial charge in [0.2, 0.25) is 5.95 Å². The fourth-order valence-electron chi connectivity index (χ4n) is 3.95. The number of nitrogen functional groups attached to an aromatic ring is 1. The molecule has 1 saturated heterocycles. The maximum atomic E-state index is 13.1. The van der Waals surface area contributed by atoms with Gasteiger partial charge in [-0.1, -0.05) is 0 Å². The molecule has 1 aliphatic carbocycles. The highest BCUT2D eigenvalue weighted by molar-refractivity contribution is 5.85. The van der Waals surface area contributed by atoms with Gasteiger partial charge in [-0.25, -0.2) is 4.98 Å². The molecule has 1 aromatic carbocycles. The number of halogens is 5. The SMILES string of the molecule is Cl.Cl.Nc1cc(Nc2nc3c(c(N4CCC[C@@H](N)C4)n2)CCC3)cc(C(F)(F)F)c1. The smallest absolute Gasteiger partial charge is 0.399 e. The molecule has 2 heterocycles. The van der Waals surface area contributed by atoms with Crippen LogP contribution < -0.4 is 21.7 Å². The van der Waals surface area contributed by atoms with E-state index in [-0.39, 0.29) is 48.2 Å². The topological polar surface area (TPSA) is 93.1 Å². The Morgan fingerprint density at radius 3 is 2.53 bits per heavy atom. The fourth-order valence-corrected chi connectivity index (χ4v) is 3.95. The average molecular weight is 465 g/mol. The first-order valence-electron chi connectivity index (χ1n) is 9.45. The first-order chi connectivity index (χ1) is 13.3. The van der Waals surface area contributed by atoms with E-state index < -0.39 is 11.7 Å². The van der Waals surface area contributed by atoms with E-state index >= 15 is 0 Å². The number of aryl methyl sites for hydroxylation is 1. The quantitative estimate of drug-likeness (QED) is 0.592. The molecule has 2 aromatic rings. The Hall–Kier alpha value is -1.97. The molecule has 2 aliphatic rings. The predicted molar refractivity (Wildman–Crippen MR) is 117 cm³/mol. The zero-order valence-corrected chi connectivity index (χ0v) is 17.8. The molecule has 11 heteroatoms. The van der Waals surface area contributed by atoms with Crippen LogP contribution in [0.3, 0.4) is 0 Å². The molecule has 0 spiro atoms. The van der Waals surface area contributed by atoms with E-state index in [0.717, 1.165) is 74.4 Å². The number of fused-ring (bicyclic) bond motifs is 1. The molecule has 166 valence electrons. The maximum Gasteiger partial charge on any atom is 0.416 e. The minimum Gasteiger partial charge on any atom is -0.399 e. The highest BCUT2D eigenvalue weighted by Gasteiger charge is 2.31. The van der Waals surface area contributed by atoms with Gasteiger partial charge < -0.3 is 21.7 Å². The zero-order chi connectivity index (χ0) is 19.9. The van der Waals surface area contributed by atoms with Crippen LogP contribution in [0.2, 0.25) is 0 Å². The Morgan fingerprint density at radius 1 is 1.07 bits per heavy atom. The second kappa shape index (κ2) is 9.45. The molecule has 4 rings (SSSR count). The van der Waals surface area contributed by atoms with Crippen molar-refractivity contribution in [1.82, 2.24) is 9.97 Å². The first-order valence-corrected chi connectivity index (χ1v) is 9.45. The van der Waals surface area contributed by atoms with Crippen LogP contribution in [-0.4, -0.2) is 29.1 Å². The molecular formula is C19H25Cl2F3N6. The van der Waals surface area contributed by atoms with Crippen LogP contribution in [0, 0.1) is 0 Å². The van der Waals surface area contributed by atoms with Crippen LogP contribution in [0.25, 0.3) is 0 Å². The molecule has 1 aliphatic heterocycles. The van der Waals surface area contributed by atoms with Crippen molar-refractivity contribution in [2.24, 2.45) is 5.73 Å². The second-order valence-corrected chi connectivity index (χ2v) is 7.46. The van der Waals surface area contributed by atoms with Crippen LogP contribution in [-0.2, 0) is 19.0 Å². The van der Waals surface area contributed by atoms with Crippen molar-refractivity contribution in [3.8, 4) is 0 Å². The molecule has 0 bridgehead atoms. The van der Waals surface area contributed by atoms with Crippen molar-refractivity contribution in [3.05, 3.63) is 35.0 Å². The van der Waals surface area contributed by atoms with E-state index in [1.807, 2.05) is 0 Å². The van der Waals surface area contributed by atoms with Crippen molar-refractivity contribution in [2.75, 3.05) is 29.0 Å². The third-order valence-electron chi connectivity index (χ3n) is 5.21. The summed E-state index contributed by atoms with van der Waals surface area (Å²) in [5, 5.41) is 2.92. The van der Waals surface area contributed by atoms with Crippen LogP contribution in [0.1, 0.15) is 36.1 Å². The molecule has 0 saturated carbocycles. The summed E-state index contributed by atoms with van der Waals surface area (Å²) in [4.78, 5) is 11.4. The van der Waals surface area contributed by atoms with Gasteiger partial charge in [0.1, 0.15) is 5.82 Å². The summed E-state index contributed by atoms with van der Waals surface area (Å²) < 4.78 is 39.2. The van der Waals surface area contributed by atoms with Crippen molar-refractivity contribution >= 4 is 48.0 Å². The number of nitrogens with one attached hydrogen (secondary N) is 1. The molecule has 1 aromatic heterocycles. The number of rotatable bonds is 3. The number of hydrogen-bond acceptors (Lipinski definition) is 6. The fraction of sp³-hybridized carbons (Fsp3) is 0.474. The number of benzene rings is 1. The summed E-state index contributed by atoms with van der Waals surface area (Å²) in [6.07, 6.45) is 0.249. The van der Waals surface area contributed by atoms with Gasteiger partial charge in [0, 0.05) is 36.1 Å². The van der Waals surface area contributed by atoms with Gasteiger partial charge in [-0.15, -0.1) is 24.8 Å². The Morgan fingerprint density at radius 2 is 1.83 bits per heavy atom. The summed E-state index contributed by atoms with van der Waals surface area (Å²) in [6.45, 7) is 1.59. The maximum absolute atomic E-state index is 13.1. The third kappa shape index (κ3) is 5.19. The van der Waals surface area contributed by atoms with E-state index in [2.05, 4.69) is 20.2 Å². The highest BCUT2D eigenvalue weighted by Crippen LogP contribution is 2.35. The molecule has 1 atom stereocenters. The van der Waals surface area contributed by atoms with Crippen molar-refractivity contribution in [2.45, 2.75) is 44.3 Å². The monoisotopic (exact) mass is 464 g/mol. The van der Waals surface area contributed by atoms with Gasteiger partial charge in [-0.3, -0.25) is 0 Å². The lowest BCUT2D eigenvalue weighted by Crippen LogP contribution is -2.43. The zero-order valence-electron chi connectivity index (χ0n) is 16.2. The Bertz CT molecular complexity index is 893. The van der Waals surface area contributed by atoms with Crippen molar-refractivity contribution in [3.63, 3.8) is 0 Å². The molecule has 0 radical (unpaired) electrons. The Balaban J connectivity index is 0.00000160. The molecule has 1 fully saturated rings. The normalized spacial score (nSPS) is 18.3. The molecule has 30 heavy (non-hydrogen) atoms. The summed E-state index contributed by atoms with van der Waals surface area (Å²) in [5.74, 6) is 1.13. The summed E-state index contributed by atoms with van der Waals surface area (Å²) in [7, 11) is 0. The van der Waals surface area contributed by atoms with E-state index in [9.17, 15) is 13.2 Å². The third-order valence-corrected chi connectivity index (χ3v) is 5.21. The lowest BCUT2D eigenvalue weighted by atomic mass is 10.1. The van der Waals surface area contributed by atoms with Crippen LogP contribution in [0.5, 0.6) is 0 Å². The number of nitrogens with two attached hydrogens (primary N) is 2. The van der Waals surface area contributed by atoms with E-state index in [0.29, 0.717) is 0 Å². The number of alkyl halides is 3. The number of hydrogen-bond donors (Lipinski definition) is 3.